The number of aromatic nitrogens is 1. The summed E-state index contributed by atoms with van der Waals surface area (Å²) >= 11 is 1.27. The molecule has 3 rings (SSSR count). The van der Waals surface area contributed by atoms with Gasteiger partial charge in [0.05, 0.1) is 34.1 Å². The minimum Gasteiger partial charge on any atom is -0.497 e. The standard InChI is InChI=1S/C23H24N2O7S/c1-13(21(26)24-16-11-15(28-2)7-9-18(16)29-3)32-23(27)17-12-33-22(25-17)14-6-8-19(30-4)20(10-14)31-5/h6-13H,1-5H3,(H,24,26). The van der Waals surface area contributed by atoms with Crippen LogP contribution in [-0.2, 0) is 9.53 Å². The maximum Gasteiger partial charge on any atom is 0.358 e. The monoisotopic (exact) mass is 472 g/mol. The molecule has 10 heteroatoms. The molecule has 0 aliphatic carbocycles. The molecule has 0 aliphatic heterocycles. The number of carbonyl (C=O) groups is 2. The first-order chi connectivity index (χ1) is 15.9. The third kappa shape index (κ3) is 5.53. The van der Waals surface area contributed by atoms with Crippen molar-refractivity contribution in [2.45, 2.75) is 13.0 Å². The van der Waals surface area contributed by atoms with Gasteiger partial charge in [0.1, 0.15) is 16.5 Å². The summed E-state index contributed by atoms with van der Waals surface area (Å²) in [7, 11) is 6.09. The highest BCUT2D eigenvalue weighted by Crippen LogP contribution is 2.34. The number of benzene rings is 2. The molecule has 1 unspecified atom stereocenters. The van der Waals surface area contributed by atoms with Gasteiger partial charge in [-0.1, -0.05) is 0 Å². The molecule has 2 aromatic carbocycles. The fourth-order valence-electron chi connectivity index (χ4n) is 2.89. The van der Waals surface area contributed by atoms with Gasteiger partial charge in [0.15, 0.2) is 23.3 Å². The highest BCUT2D eigenvalue weighted by atomic mass is 32.1. The van der Waals surface area contributed by atoms with Crippen molar-refractivity contribution in [2.75, 3.05) is 33.8 Å². The molecule has 0 saturated carbocycles. The van der Waals surface area contributed by atoms with E-state index in [1.54, 1.807) is 49.9 Å². The number of amides is 1. The van der Waals surface area contributed by atoms with Crippen LogP contribution in [0.3, 0.4) is 0 Å². The van der Waals surface area contributed by atoms with Crippen LogP contribution in [0, 0.1) is 0 Å². The summed E-state index contributed by atoms with van der Waals surface area (Å²) in [5, 5.41) is 4.85. The predicted molar refractivity (Wildman–Crippen MR) is 124 cm³/mol. The van der Waals surface area contributed by atoms with Gasteiger partial charge >= 0.3 is 5.97 Å². The summed E-state index contributed by atoms with van der Waals surface area (Å²) in [5.41, 5.74) is 1.25. The fourth-order valence-corrected chi connectivity index (χ4v) is 3.68. The van der Waals surface area contributed by atoms with Crippen molar-refractivity contribution in [3.63, 3.8) is 0 Å². The molecule has 9 nitrogen and oxygen atoms in total. The zero-order valence-corrected chi connectivity index (χ0v) is 19.6. The second kappa shape index (κ2) is 10.7. The Hall–Kier alpha value is -3.79. The summed E-state index contributed by atoms with van der Waals surface area (Å²) in [5.74, 6) is 0.892. The minimum atomic E-state index is -1.07. The molecule has 3 aromatic rings. The SMILES string of the molecule is COc1ccc(OC)c(NC(=O)C(C)OC(=O)c2csc(-c3ccc(OC)c(OC)c3)n2)c1. The molecule has 0 bridgehead atoms. The number of hydrogen-bond acceptors (Lipinski definition) is 9. The van der Waals surface area contributed by atoms with Crippen LogP contribution in [-0.4, -0.2) is 51.4 Å². The Morgan fingerprint density at radius 1 is 0.909 bits per heavy atom. The second-order valence-electron chi connectivity index (χ2n) is 6.71. The zero-order valence-electron chi connectivity index (χ0n) is 18.8. The first kappa shape index (κ1) is 23.9. The van der Waals surface area contributed by atoms with Crippen molar-refractivity contribution in [3.8, 4) is 33.6 Å². The summed E-state index contributed by atoms with van der Waals surface area (Å²) in [4.78, 5) is 29.5. The molecule has 1 aromatic heterocycles. The molecule has 1 heterocycles. The average molecular weight is 473 g/mol. The van der Waals surface area contributed by atoms with E-state index in [1.807, 2.05) is 6.07 Å². The smallest absolute Gasteiger partial charge is 0.358 e. The number of anilines is 1. The van der Waals surface area contributed by atoms with E-state index >= 15 is 0 Å². The van der Waals surface area contributed by atoms with Gasteiger partial charge in [-0.25, -0.2) is 9.78 Å². The van der Waals surface area contributed by atoms with Crippen molar-refractivity contribution in [1.82, 2.24) is 4.98 Å². The normalized spacial score (nSPS) is 11.3. The number of methoxy groups -OCH3 is 4. The number of rotatable bonds is 9. The van der Waals surface area contributed by atoms with E-state index in [1.165, 1.54) is 32.5 Å². The van der Waals surface area contributed by atoms with Crippen molar-refractivity contribution >= 4 is 28.9 Å². The average Bonchev–Trinajstić information content (AvgIpc) is 3.34. The summed E-state index contributed by atoms with van der Waals surface area (Å²) in [6.07, 6.45) is -1.07. The van der Waals surface area contributed by atoms with E-state index in [-0.39, 0.29) is 5.69 Å². The maximum absolute atomic E-state index is 12.6. The maximum atomic E-state index is 12.6. The Balaban J connectivity index is 1.68. The lowest BCUT2D eigenvalue weighted by Crippen LogP contribution is -2.30. The van der Waals surface area contributed by atoms with E-state index in [9.17, 15) is 9.59 Å². The molecule has 0 radical (unpaired) electrons. The number of nitrogens with zero attached hydrogens (tertiary/aromatic N) is 1. The number of esters is 1. The Bertz CT molecular complexity index is 1150. The third-order valence-corrected chi connectivity index (χ3v) is 5.55. The Morgan fingerprint density at radius 3 is 2.27 bits per heavy atom. The van der Waals surface area contributed by atoms with Crippen LogP contribution in [0.15, 0.2) is 41.8 Å². The van der Waals surface area contributed by atoms with Gasteiger partial charge in [-0.15, -0.1) is 11.3 Å². The van der Waals surface area contributed by atoms with Crippen molar-refractivity contribution in [2.24, 2.45) is 0 Å². The highest BCUT2D eigenvalue weighted by molar-refractivity contribution is 7.13. The lowest BCUT2D eigenvalue weighted by molar-refractivity contribution is -0.123. The second-order valence-corrected chi connectivity index (χ2v) is 7.57. The Labute approximate surface area is 195 Å². The predicted octanol–water partition coefficient (Wildman–Crippen LogP) is 4.03. The van der Waals surface area contributed by atoms with E-state index in [0.29, 0.717) is 33.7 Å². The van der Waals surface area contributed by atoms with Gasteiger partial charge in [0.2, 0.25) is 0 Å². The van der Waals surface area contributed by atoms with Crippen LogP contribution in [0.5, 0.6) is 23.0 Å². The number of carbonyl (C=O) groups excluding carboxylic acids is 2. The van der Waals surface area contributed by atoms with Gasteiger partial charge in [-0.05, 0) is 37.3 Å². The highest BCUT2D eigenvalue weighted by Gasteiger charge is 2.22. The van der Waals surface area contributed by atoms with Crippen LogP contribution in [0.1, 0.15) is 17.4 Å². The van der Waals surface area contributed by atoms with Gasteiger partial charge in [-0.3, -0.25) is 4.79 Å². The van der Waals surface area contributed by atoms with E-state index in [0.717, 1.165) is 5.56 Å². The Kier molecular flexibility index (Phi) is 7.73. The minimum absolute atomic E-state index is 0.100. The fraction of sp³-hybridized carbons (Fsp3) is 0.261. The molecule has 1 N–H and O–H groups in total. The number of ether oxygens (including phenoxy) is 5. The van der Waals surface area contributed by atoms with E-state index in [4.69, 9.17) is 23.7 Å². The zero-order chi connectivity index (χ0) is 24.0. The van der Waals surface area contributed by atoms with Crippen molar-refractivity contribution in [3.05, 3.63) is 47.5 Å². The van der Waals surface area contributed by atoms with E-state index in [2.05, 4.69) is 10.3 Å². The van der Waals surface area contributed by atoms with Crippen molar-refractivity contribution < 1.29 is 33.3 Å². The van der Waals surface area contributed by atoms with Crippen molar-refractivity contribution in [1.29, 1.82) is 0 Å². The van der Waals surface area contributed by atoms with Crippen LogP contribution < -0.4 is 24.3 Å². The molecule has 33 heavy (non-hydrogen) atoms. The van der Waals surface area contributed by atoms with Crippen LogP contribution in [0.25, 0.3) is 10.6 Å². The van der Waals surface area contributed by atoms with Crippen LogP contribution in [0.4, 0.5) is 5.69 Å². The number of hydrogen-bond donors (Lipinski definition) is 1. The van der Waals surface area contributed by atoms with Gasteiger partial charge < -0.3 is 29.0 Å². The number of thiazole rings is 1. The number of nitrogens with one attached hydrogen (secondary N) is 1. The molecule has 0 aliphatic rings. The molecule has 0 saturated heterocycles. The Morgan fingerprint density at radius 2 is 1.61 bits per heavy atom. The summed E-state index contributed by atoms with van der Waals surface area (Å²) in [6, 6.07) is 10.3. The lowest BCUT2D eigenvalue weighted by atomic mass is 10.2. The van der Waals surface area contributed by atoms with E-state index < -0.39 is 18.0 Å². The van der Waals surface area contributed by atoms with Gasteiger partial charge in [0.25, 0.3) is 5.91 Å². The topological polar surface area (TPSA) is 105 Å². The van der Waals surface area contributed by atoms with Crippen LogP contribution >= 0.6 is 11.3 Å². The molecular weight excluding hydrogens is 448 g/mol. The van der Waals surface area contributed by atoms with Crippen LogP contribution in [0.2, 0.25) is 0 Å². The molecule has 1 atom stereocenters. The molecular formula is C23H24N2O7S. The third-order valence-electron chi connectivity index (χ3n) is 4.66. The largest absolute Gasteiger partial charge is 0.497 e. The molecule has 1 amide bonds. The molecule has 0 spiro atoms. The van der Waals surface area contributed by atoms with Gasteiger partial charge in [-0.2, -0.15) is 0 Å². The molecule has 0 fully saturated rings. The summed E-state index contributed by atoms with van der Waals surface area (Å²) in [6.45, 7) is 1.47. The quantitative estimate of drug-likeness (QED) is 0.466. The lowest BCUT2D eigenvalue weighted by Gasteiger charge is -2.15. The first-order valence-electron chi connectivity index (χ1n) is 9.82. The molecule has 174 valence electrons. The first-order valence-corrected chi connectivity index (χ1v) is 10.7. The summed E-state index contributed by atoms with van der Waals surface area (Å²) < 4.78 is 26.3. The van der Waals surface area contributed by atoms with Gasteiger partial charge in [0, 0.05) is 17.0 Å².